The molecule has 108 valence electrons. The normalized spacial score (nSPS) is 11.7. The van der Waals surface area contributed by atoms with Gasteiger partial charge in [0.2, 0.25) is 0 Å². The van der Waals surface area contributed by atoms with Crippen molar-refractivity contribution in [3.63, 3.8) is 0 Å². The van der Waals surface area contributed by atoms with Gasteiger partial charge in [-0.05, 0) is 34.3 Å². The largest absolute Gasteiger partial charge is 0.369 e. The molecular weight excluding hydrogens is 334 g/mol. The molecule has 1 N–H and O–H groups in total. The first-order valence-electron chi connectivity index (χ1n) is 6.75. The van der Waals surface area contributed by atoms with Crippen LogP contribution in [0.15, 0.2) is 22.0 Å². The lowest BCUT2D eigenvalue weighted by Crippen LogP contribution is -2.18. The Kier molecular flexibility index (Phi) is 4.81. The van der Waals surface area contributed by atoms with Gasteiger partial charge < -0.3 is 5.32 Å². The second kappa shape index (κ2) is 6.22. The molecule has 20 heavy (non-hydrogen) atoms. The van der Waals surface area contributed by atoms with Gasteiger partial charge in [0.1, 0.15) is 11.6 Å². The Morgan fingerprint density at radius 1 is 1.30 bits per heavy atom. The maximum atomic E-state index is 4.77. The van der Waals surface area contributed by atoms with E-state index in [1.807, 2.05) is 0 Å². The fraction of sp³-hybridized carbons (Fsp3) is 0.467. The van der Waals surface area contributed by atoms with Crippen molar-refractivity contribution in [1.29, 1.82) is 0 Å². The maximum absolute atomic E-state index is 4.77. The molecule has 0 atom stereocenters. The van der Waals surface area contributed by atoms with E-state index < -0.39 is 0 Å². The van der Waals surface area contributed by atoms with Gasteiger partial charge in [-0.25, -0.2) is 9.97 Å². The Hall–Kier alpha value is -0.940. The third kappa shape index (κ3) is 3.58. The molecule has 2 heterocycles. The molecule has 0 unspecified atom stereocenters. The van der Waals surface area contributed by atoms with Gasteiger partial charge in [0.15, 0.2) is 0 Å². The van der Waals surface area contributed by atoms with Crippen LogP contribution in [0.1, 0.15) is 44.1 Å². The summed E-state index contributed by atoms with van der Waals surface area (Å²) in [6.07, 6.45) is 0.784. The van der Waals surface area contributed by atoms with Gasteiger partial charge >= 0.3 is 0 Å². The number of anilines is 1. The first kappa shape index (κ1) is 15.4. The van der Waals surface area contributed by atoms with Gasteiger partial charge in [0.05, 0.1) is 10.2 Å². The molecular formula is C15H20BrN3S. The van der Waals surface area contributed by atoms with Gasteiger partial charge in [0.25, 0.3) is 0 Å². The van der Waals surface area contributed by atoms with Crippen molar-refractivity contribution in [1.82, 2.24) is 9.97 Å². The average molecular weight is 354 g/mol. The fourth-order valence-corrected chi connectivity index (χ4v) is 3.54. The first-order chi connectivity index (χ1) is 9.41. The highest BCUT2D eigenvalue weighted by molar-refractivity contribution is 9.10. The lowest BCUT2D eigenvalue weighted by Gasteiger charge is -2.22. The molecule has 0 aliphatic rings. The zero-order valence-corrected chi connectivity index (χ0v) is 14.7. The van der Waals surface area contributed by atoms with Crippen LogP contribution in [0.5, 0.6) is 0 Å². The second-order valence-corrected chi connectivity index (χ2v) is 7.51. The lowest BCUT2D eigenvalue weighted by molar-refractivity contribution is 0.559. The third-order valence-electron chi connectivity index (χ3n) is 2.86. The van der Waals surface area contributed by atoms with Crippen molar-refractivity contribution >= 4 is 33.1 Å². The van der Waals surface area contributed by atoms with Crippen molar-refractivity contribution in [2.75, 3.05) is 11.9 Å². The molecule has 3 nitrogen and oxygen atoms in total. The zero-order chi connectivity index (χ0) is 14.8. The summed E-state index contributed by atoms with van der Waals surface area (Å²) in [5, 5.41) is 5.40. The average Bonchev–Trinajstić information content (AvgIpc) is 2.84. The molecule has 0 bridgehead atoms. The predicted molar refractivity (Wildman–Crippen MR) is 89.7 cm³/mol. The highest BCUT2D eigenvalue weighted by Crippen LogP contribution is 2.32. The first-order valence-corrected chi connectivity index (χ1v) is 8.42. The minimum atomic E-state index is -0.0177. The Balaban J connectivity index is 2.44. The van der Waals surface area contributed by atoms with E-state index >= 15 is 0 Å². The Morgan fingerprint density at radius 2 is 2.05 bits per heavy atom. The van der Waals surface area contributed by atoms with Crippen LogP contribution in [0.2, 0.25) is 0 Å². The number of nitrogens with zero attached hydrogens (tertiary/aromatic N) is 2. The highest BCUT2D eigenvalue weighted by Gasteiger charge is 2.23. The maximum Gasteiger partial charge on any atom is 0.144 e. The summed E-state index contributed by atoms with van der Waals surface area (Å²) < 4.78 is 0.974. The number of hydrogen-bond donors (Lipinski definition) is 1. The number of aromatic nitrogens is 2. The fourth-order valence-electron chi connectivity index (χ4n) is 1.92. The summed E-state index contributed by atoms with van der Waals surface area (Å²) in [7, 11) is 0. The van der Waals surface area contributed by atoms with Gasteiger partial charge in [-0.1, -0.05) is 26.8 Å². The molecule has 0 radical (unpaired) electrons. The number of rotatable bonds is 4. The smallest absolute Gasteiger partial charge is 0.144 e. The summed E-state index contributed by atoms with van der Waals surface area (Å²) in [4.78, 5) is 10.7. The van der Waals surface area contributed by atoms with Crippen LogP contribution in [0.25, 0.3) is 0 Å². The number of nitrogens with one attached hydrogen (secondary N) is 1. The number of halogens is 1. The van der Waals surface area contributed by atoms with Gasteiger partial charge in [-0.2, -0.15) is 0 Å². The predicted octanol–water partition coefficient (Wildman–Crippen LogP) is 4.62. The molecule has 0 aromatic carbocycles. The minimum absolute atomic E-state index is 0.0177. The Morgan fingerprint density at radius 3 is 2.60 bits per heavy atom. The van der Waals surface area contributed by atoms with E-state index in [1.54, 1.807) is 11.3 Å². The molecule has 0 saturated heterocycles. The Labute approximate surface area is 133 Å². The SMILES string of the molecule is CCNc1nc(Cc2cccs2)nc(C(C)(C)C)c1Br. The van der Waals surface area contributed by atoms with Crippen LogP contribution in [0, 0.1) is 0 Å². The van der Waals surface area contributed by atoms with Crippen LogP contribution in [-0.4, -0.2) is 16.5 Å². The van der Waals surface area contributed by atoms with E-state index in [4.69, 9.17) is 4.98 Å². The quantitative estimate of drug-likeness (QED) is 0.871. The molecule has 0 amide bonds. The van der Waals surface area contributed by atoms with Crippen LogP contribution >= 0.6 is 27.3 Å². The van der Waals surface area contributed by atoms with Gasteiger partial charge in [-0.3, -0.25) is 0 Å². The van der Waals surface area contributed by atoms with Crippen molar-refractivity contribution in [2.24, 2.45) is 0 Å². The van der Waals surface area contributed by atoms with Gasteiger partial charge in [0, 0.05) is 23.3 Å². The van der Waals surface area contributed by atoms with E-state index in [1.165, 1.54) is 4.88 Å². The van der Waals surface area contributed by atoms with Crippen LogP contribution in [-0.2, 0) is 11.8 Å². The zero-order valence-electron chi connectivity index (χ0n) is 12.3. The van der Waals surface area contributed by atoms with Crippen molar-refractivity contribution in [3.05, 3.63) is 38.4 Å². The minimum Gasteiger partial charge on any atom is -0.369 e. The molecule has 0 saturated carbocycles. The number of thiophene rings is 1. The van der Waals surface area contributed by atoms with Crippen molar-refractivity contribution < 1.29 is 0 Å². The van der Waals surface area contributed by atoms with E-state index in [9.17, 15) is 0 Å². The summed E-state index contributed by atoms with van der Waals surface area (Å²) in [5.74, 6) is 1.76. The van der Waals surface area contributed by atoms with E-state index in [0.717, 1.165) is 34.8 Å². The topological polar surface area (TPSA) is 37.8 Å². The van der Waals surface area contributed by atoms with Crippen LogP contribution < -0.4 is 5.32 Å². The second-order valence-electron chi connectivity index (χ2n) is 5.69. The third-order valence-corrected chi connectivity index (χ3v) is 4.49. The summed E-state index contributed by atoms with van der Waals surface area (Å²) in [5.41, 5.74) is 1.03. The molecule has 2 rings (SSSR count). The van der Waals surface area contributed by atoms with E-state index in [-0.39, 0.29) is 5.41 Å². The van der Waals surface area contributed by atoms with Crippen molar-refractivity contribution in [3.8, 4) is 0 Å². The summed E-state index contributed by atoms with van der Waals surface area (Å²) >= 11 is 5.39. The highest BCUT2D eigenvalue weighted by atomic mass is 79.9. The molecule has 0 spiro atoms. The van der Waals surface area contributed by atoms with Crippen molar-refractivity contribution in [2.45, 2.75) is 39.5 Å². The lowest BCUT2D eigenvalue weighted by atomic mass is 9.92. The van der Waals surface area contributed by atoms with E-state index in [2.05, 4.69) is 71.4 Å². The Bertz CT molecular complexity index is 574. The standard InChI is InChI=1S/C15H20BrN3S/c1-5-17-14-12(16)13(15(2,3)4)18-11(19-14)9-10-7-6-8-20-10/h6-8H,5,9H2,1-4H3,(H,17,18,19). The molecule has 5 heteroatoms. The van der Waals surface area contributed by atoms with E-state index in [0.29, 0.717) is 0 Å². The molecule has 0 aliphatic heterocycles. The van der Waals surface area contributed by atoms with Crippen LogP contribution in [0.4, 0.5) is 5.82 Å². The summed E-state index contributed by atoms with van der Waals surface area (Å²) in [6.45, 7) is 9.43. The monoisotopic (exact) mass is 353 g/mol. The summed E-state index contributed by atoms with van der Waals surface area (Å²) in [6, 6.07) is 4.19. The molecule has 0 fully saturated rings. The molecule has 2 aromatic heterocycles. The van der Waals surface area contributed by atoms with Crippen LogP contribution in [0.3, 0.4) is 0 Å². The van der Waals surface area contributed by atoms with Gasteiger partial charge in [-0.15, -0.1) is 11.3 Å². The molecule has 2 aromatic rings. The number of hydrogen-bond acceptors (Lipinski definition) is 4. The molecule has 0 aliphatic carbocycles.